The molecule has 122 valence electrons. The Morgan fingerprint density at radius 3 is 2.65 bits per heavy atom. The van der Waals surface area contributed by atoms with E-state index in [9.17, 15) is 4.79 Å². The Morgan fingerprint density at radius 1 is 1.22 bits per heavy atom. The Bertz CT molecular complexity index is 763. The van der Waals surface area contributed by atoms with E-state index in [1.54, 1.807) is 13.2 Å². The van der Waals surface area contributed by atoms with Crippen LogP contribution in [-0.2, 0) is 7.05 Å². The molecule has 0 spiro atoms. The van der Waals surface area contributed by atoms with Gasteiger partial charge in [-0.05, 0) is 44.4 Å². The minimum atomic E-state index is -0.109. The molecule has 5 heteroatoms. The minimum Gasteiger partial charge on any atom is -0.493 e. The molecular weight excluding hydrogens is 292 g/mol. The first-order chi connectivity index (χ1) is 11.1. The van der Waals surface area contributed by atoms with Gasteiger partial charge in [-0.3, -0.25) is 4.79 Å². The predicted octanol–water partition coefficient (Wildman–Crippen LogP) is 2.96. The molecule has 1 saturated carbocycles. The average molecular weight is 314 g/mol. The number of aryl methyl sites for hydroxylation is 1. The molecule has 3 rings (SSSR count). The molecule has 0 amide bonds. The van der Waals surface area contributed by atoms with Gasteiger partial charge in [0.05, 0.1) is 12.7 Å². The van der Waals surface area contributed by atoms with Gasteiger partial charge in [-0.15, -0.1) is 0 Å². The second-order valence-corrected chi connectivity index (χ2v) is 5.86. The molecule has 23 heavy (non-hydrogen) atoms. The van der Waals surface area contributed by atoms with Crippen molar-refractivity contribution in [2.45, 2.75) is 32.3 Å². The highest BCUT2D eigenvalue weighted by Crippen LogP contribution is 2.39. The first kappa shape index (κ1) is 15.5. The van der Waals surface area contributed by atoms with Crippen molar-refractivity contribution in [2.75, 3.05) is 12.3 Å². The number of nitrogen functional groups attached to an aromatic ring is 1. The third-order valence-corrected chi connectivity index (χ3v) is 4.13. The van der Waals surface area contributed by atoms with Crippen LogP contribution in [0.4, 0.5) is 5.69 Å². The van der Waals surface area contributed by atoms with Crippen LogP contribution in [0.15, 0.2) is 35.3 Å². The standard InChI is InChI=1S/C18H22N2O3/c1-3-22-17-10-18(21)20(2)11-15(17)14-9-12(19)7-8-16(14)23-13-5-4-6-13/h7-11,13H,3-6,19H2,1-2H3. The number of anilines is 1. The number of hydrogen-bond donors (Lipinski definition) is 1. The highest BCUT2D eigenvalue weighted by molar-refractivity contribution is 5.77. The first-order valence-electron chi connectivity index (χ1n) is 7.98. The van der Waals surface area contributed by atoms with Crippen LogP contribution in [0, 0.1) is 0 Å². The third kappa shape index (κ3) is 3.18. The number of aromatic nitrogens is 1. The van der Waals surface area contributed by atoms with Gasteiger partial charge in [0, 0.05) is 36.1 Å². The molecule has 1 aromatic heterocycles. The summed E-state index contributed by atoms with van der Waals surface area (Å²) in [6, 6.07) is 7.11. The van der Waals surface area contributed by atoms with Crippen molar-refractivity contribution in [3.63, 3.8) is 0 Å². The van der Waals surface area contributed by atoms with Crippen LogP contribution >= 0.6 is 0 Å². The Morgan fingerprint density at radius 2 is 2.00 bits per heavy atom. The third-order valence-electron chi connectivity index (χ3n) is 4.13. The normalized spacial score (nSPS) is 14.3. The lowest BCUT2D eigenvalue weighted by molar-refractivity contribution is 0.121. The van der Waals surface area contributed by atoms with E-state index in [2.05, 4.69) is 0 Å². The van der Waals surface area contributed by atoms with Gasteiger partial charge in [0.15, 0.2) is 0 Å². The van der Waals surface area contributed by atoms with Gasteiger partial charge in [-0.1, -0.05) is 0 Å². The molecule has 0 atom stereocenters. The van der Waals surface area contributed by atoms with Crippen LogP contribution in [0.25, 0.3) is 11.1 Å². The van der Waals surface area contributed by atoms with Crippen molar-refractivity contribution < 1.29 is 9.47 Å². The highest BCUT2D eigenvalue weighted by atomic mass is 16.5. The summed E-state index contributed by atoms with van der Waals surface area (Å²) in [5.74, 6) is 1.34. The van der Waals surface area contributed by atoms with E-state index in [-0.39, 0.29) is 11.7 Å². The Hall–Kier alpha value is -2.43. The van der Waals surface area contributed by atoms with Gasteiger partial charge in [0.25, 0.3) is 5.56 Å². The largest absolute Gasteiger partial charge is 0.493 e. The number of rotatable bonds is 5. The summed E-state index contributed by atoms with van der Waals surface area (Å²) in [4.78, 5) is 11.9. The van der Waals surface area contributed by atoms with Crippen LogP contribution in [0.2, 0.25) is 0 Å². The topological polar surface area (TPSA) is 66.5 Å². The van der Waals surface area contributed by atoms with Gasteiger partial charge < -0.3 is 19.8 Å². The lowest BCUT2D eigenvalue weighted by Gasteiger charge is -2.28. The van der Waals surface area contributed by atoms with Crippen LogP contribution in [-0.4, -0.2) is 17.3 Å². The maximum Gasteiger partial charge on any atom is 0.254 e. The van der Waals surface area contributed by atoms with E-state index in [1.165, 1.54) is 17.1 Å². The van der Waals surface area contributed by atoms with Crippen molar-refractivity contribution in [3.05, 3.63) is 40.8 Å². The number of ether oxygens (including phenoxy) is 2. The average Bonchev–Trinajstić information content (AvgIpc) is 2.48. The lowest BCUT2D eigenvalue weighted by Crippen LogP contribution is -2.25. The van der Waals surface area contributed by atoms with E-state index < -0.39 is 0 Å². The molecule has 1 aliphatic rings. The van der Waals surface area contributed by atoms with Crippen LogP contribution in [0.3, 0.4) is 0 Å². The van der Waals surface area contributed by atoms with E-state index >= 15 is 0 Å². The summed E-state index contributed by atoms with van der Waals surface area (Å²) >= 11 is 0. The molecule has 0 radical (unpaired) electrons. The van der Waals surface area contributed by atoms with E-state index in [0.717, 1.165) is 29.7 Å². The number of pyridine rings is 1. The molecule has 0 bridgehead atoms. The molecule has 0 saturated heterocycles. The van der Waals surface area contributed by atoms with Gasteiger partial charge in [-0.2, -0.15) is 0 Å². The highest BCUT2D eigenvalue weighted by Gasteiger charge is 2.22. The molecule has 1 aliphatic carbocycles. The summed E-state index contributed by atoms with van der Waals surface area (Å²) in [5, 5.41) is 0. The van der Waals surface area contributed by atoms with Crippen LogP contribution in [0.5, 0.6) is 11.5 Å². The van der Waals surface area contributed by atoms with E-state index in [4.69, 9.17) is 15.2 Å². The zero-order chi connectivity index (χ0) is 16.4. The molecule has 0 unspecified atom stereocenters. The van der Waals surface area contributed by atoms with Gasteiger partial charge in [0.1, 0.15) is 11.5 Å². The molecule has 1 aromatic carbocycles. The zero-order valence-corrected chi connectivity index (χ0v) is 13.5. The second-order valence-electron chi connectivity index (χ2n) is 5.86. The molecule has 0 aliphatic heterocycles. The fourth-order valence-electron chi connectivity index (χ4n) is 2.62. The monoisotopic (exact) mass is 314 g/mol. The van der Waals surface area contributed by atoms with Crippen molar-refractivity contribution in [1.29, 1.82) is 0 Å². The van der Waals surface area contributed by atoms with Gasteiger partial charge in [0.2, 0.25) is 0 Å². The smallest absolute Gasteiger partial charge is 0.254 e. The number of benzene rings is 1. The lowest BCUT2D eigenvalue weighted by atomic mass is 9.96. The molecular formula is C18H22N2O3. The van der Waals surface area contributed by atoms with Crippen molar-refractivity contribution in [3.8, 4) is 22.6 Å². The Kier molecular flexibility index (Phi) is 4.28. The molecule has 1 heterocycles. The summed E-state index contributed by atoms with van der Waals surface area (Å²) < 4.78 is 13.3. The molecule has 5 nitrogen and oxygen atoms in total. The first-order valence-corrected chi connectivity index (χ1v) is 7.98. The van der Waals surface area contributed by atoms with Crippen LogP contribution in [0.1, 0.15) is 26.2 Å². The fourth-order valence-corrected chi connectivity index (χ4v) is 2.62. The summed E-state index contributed by atoms with van der Waals surface area (Å²) in [5.41, 5.74) is 8.18. The predicted molar refractivity (Wildman–Crippen MR) is 91.0 cm³/mol. The molecule has 2 aromatic rings. The van der Waals surface area contributed by atoms with Gasteiger partial charge >= 0.3 is 0 Å². The number of hydrogen-bond acceptors (Lipinski definition) is 4. The number of nitrogens with two attached hydrogens (primary N) is 1. The summed E-state index contributed by atoms with van der Waals surface area (Å²) in [6.07, 6.45) is 5.40. The quantitative estimate of drug-likeness (QED) is 0.862. The van der Waals surface area contributed by atoms with Crippen molar-refractivity contribution in [2.24, 2.45) is 7.05 Å². The maximum atomic E-state index is 11.9. The number of nitrogens with zero attached hydrogens (tertiary/aromatic N) is 1. The Labute approximate surface area is 135 Å². The van der Waals surface area contributed by atoms with Gasteiger partial charge in [-0.25, -0.2) is 0 Å². The maximum absolute atomic E-state index is 11.9. The van der Waals surface area contributed by atoms with E-state index in [1.807, 2.05) is 25.1 Å². The van der Waals surface area contributed by atoms with E-state index in [0.29, 0.717) is 18.0 Å². The van der Waals surface area contributed by atoms with Crippen molar-refractivity contribution in [1.82, 2.24) is 4.57 Å². The summed E-state index contributed by atoms with van der Waals surface area (Å²) in [7, 11) is 1.72. The van der Waals surface area contributed by atoms with Crippen molar-refractivity contribution >= 4 is 5.69 Å². The SMILES string of the molecule is CCOc1cc(=O)n(C)cc1-c1cc(N)ccc1OC1CCC1. The molecule has 2 N–H and O–H groups in total. The fraction of sp³-hybridized carbons (Fsp3) is 0.389. The Balaban J connectivity index is 2.10. The minimum absolute atomic E-state index is 0.109. The second kappa shape index (κ2) is 6.36. The zero-order valence-electron chi connectivity index (χ0n) is 13.5. The van der Waals surface area contributed by atoms with Crippen LogP contribution < -0.4 is 20.8 Å². The summed E-state index contributed by atoms with van der Waals surface area (Å²) in [6.45, 7) is 2.38. The molecule has 1 fully saturated rings.